The summed E-state index contributed by atoms with van der Waals surface area (Å²) in [5.74, 6) is 0. The van der Waals surface area contributed by atoms with Crippen LogP contribution >= 0.6 is 0 Å². The predicted molar refractivity (Wildman–Crippen MR) is 82.6 cm³/mol. The topological polar surface area (TPSA) is 72.6 Å². The molecule has 6 heteroatoms. The Labute approximate surface area is 127 Å². The summed E-state index contributed by atoms with van der Waals surface area (Å²) in [6.45, 7) is 4.22. The van der Waals surface area contributed by atoms with Gasteiger partial charge in [0.15, 0.2) is 0 Å². The van der Waals surface area contributed by atoms with Crippen LogP contribution < -0.4 is 5.73 Å². The zero-order valence-electron chi connectivity index (χ0n) is 12.5. The third kappa shape index (κ3) is 4.26. The van der Waals surface area contributed by atoms with E-state index in [4.69, 9.17) is 10.5 Å². The van der Waals surface area contributed by atoms with Gasteiger partial charge in [0.1, 0.15) is 0 Å². The van der Waals surface area contributed by atoms with E-state index in [0.29, 0.717) is 31.1 Å². The van der Waals surface area contributed by atoms with Crippen molar-refractivity contribution in [1.29, 1.82) is 0 Å². The lowest BCUT2D eigenvalue weighted by atomic mass is 10.1. The molecule has 0 spiro atoms. The van der Waals surface area contributed by atoms with Crippen LogP contribution in [-0.4, -0.2) is 45.1 Å². The van der Waals surface area contributed by atoms with Gasteiger partial charge in [0.2, 0.25) is 10.0 Å². The maximum Gasteiger partial charge on any atom is 0.243 e. The fraction of sp³-hybridized carbons (Fsp3) is 0.600. The van der Waals surface area contributed by atoms with E-state index in [9.17, 15) is 8.42 Å². The molecule has 0 aromatic heterocycles. The van der Waals surface area contributed by atoms with Crippen molar-refractivity contribution in [3.63, 3.8) is 0 Å². The molecule has 2 rings (SSSR count). The predicted octanol–water partition coefficient (Wildman–Crippen LogP) is 1.51. The summed E-state index contributed by atoms with van der Waals surface area (Å²) in [7, 11) is -3.38. The molecule has 1 saturated heterocycles. The molecule has 1 fully saturated rings. The third-order valence-electron chi connectivity index (χ3n) is 3.73. The highest BCUT2D eigenvalue weighted by Crippen LogP contribution is 2.22. The van der Waals surface area contributed by atoms with Gasteiger partial charge in [-0.25, -0.2) is 8.42 Å². The molecule has 2 N–H and O–H groups in total. The van der Waals surface area contributed by atoms with E-state index in [0.717, 1.165) is 24.8 Å². The highest BCUT2D eigenvalue weighted by molar-refractivity contribution is 7.89. The molecule has 1 aromatic rings. The summed E-state index contributed by atoms with van der Waals surface area (Å²) in [5.41, 5.74) is 6.39. The number of benzene rings is 1. The molecule has 21 heavy (non-hydrogen) atoms. The van der Waals surface area contributed by atoms with Gasteiger partial charge in [0.25, 0.3) is 0 Å². The fourth-order valence-corrected chi connectivity index (χ4v) is 4.07. The third-order valence-corrected chi connectivity index (χ3v) is 5.62. The van der Waals surface area contributed by atoms with Crippen molar-refractivity contribution in [1.82, 2.24) is 4.31 Å². The minimum Gasteiger partial charge on any atom is -0.378 e. The molecule has 1 aromatic carbocycles. The van der Waals surface area contributed by atoms with Crippen LogP contribution in [0.2, 0.25) is 0 Å². The molecule has 0 amide bonds. The van der Waals surface area contributed by atoms with E-state index in [-0.39, 0.29) is 6.10 Å². The SMILES string of the molecule is Cc1cccc(S(=O)(=O)N2CCC(OCCCN)CC2)c1. The van der Waals surface area contributed by atoms with E-state index in [1.807, 2.05) is 13.0 Å². The lowest BCUT2D eigenvalue weighted by Crippen LogP contribution is -2.41. The molecule has 0 unspecified atom stereocenters. The van der Waals surface area contributed by atoms with Crippen LogP contribution in [0.15, 0.2) is 29.2 Å². The van der Waals surface area contributed by atoms with Gasteiger partial charge in [0.05, 0.1) is 11.0 Å². The Morgan fingerprint density at radius 2 is 2.05 bits per heavy atom. The van der Waals surface area contributed by atoms with Crippen LogP contribution in [-0.2, 0) is 14.8 Å². The second kappa shape index (κ2) is 7.35. The molecule has 118 valence electrons. The first-order chi connectivity index (χ1) is 10.0. The Morgan fingerprint density at radius 3 is 2.67 bits per heavy atom. The van der Waals surface area contributed by atoms with E-state index in [1.54, 1.807) is 22.5 Å². The summed E-state index contributed by atoms with van der Waals surface area (Å²) in [6.07, 6.45) is 2.49. The lowest BCUT2D eigenvalue weighted by molar-refractivity contribution is 0.0209. The molecule has 0 bridgehead atoms. The Morgan fingerprint density at radius 1 is 1.33 bits per heavy atom. The molecule has 0 radical (unpaired) electrons. The molecular formula is C15H24N2O3S. The van der Waals surface area contributed by atoms with Crippen LogP contribution in [0.1, 0.15) is 24.8 Å². The Balaban J connectivity index is 1.95. The van der Waals surface area contributed by atoms with Crippen LogP contribution in [0.3, 0.4) is 0 Å². The maximum atomic E-state index is 12.6. The van der Waals surface area contributed by atoms with Crippen molar-refractivity contribution in [2.75, 3.05) is 26.2 Å². The van der Waals surface area contributed by atoms with Crippen LogP contribution in [0, 0.1) is 6.92 Å². The standard InChI is InChI=1S/C15H24N2O3S/c1-13-4-2-5-15(12-13)21(18,19)17-9-6-14(7-10-17)20-11-3-8-16/h2,4-5,12,14H,3,6-11,16H2,1H3. The van der Waals surface area contributed by atoms with Crippen molar-refractivity contribution < 1.29 is 13.2 Å². The van der Waals surface area contributed by atoms with Crippen LogP contribution in [0.5, 0.6) is 0 Å². The zero-order chi connectivity index (χ0) is 15.3. The Hall–Kier alpha value is -0.950. The van der Waals surface area contributed by atoms with Gasteiger partial charge >= 0.3 is 0 Å². The highest BCUT2D eigenvalue weighted by atomic mass is 32.2. The van der Waals surface area contributed by atoms with Crippen LogP contribution in [0.25, 0.3) is 0 Å². The summed E-state index contributed by atoms with van der Waals surface area (Å²) in [6, 6.07) is 7.06. The number of hydrogen-bond donors (Lipinski definition) is 1. The molecule has 0 saturated carbocycles. The number of nitrogens with zero attached hydrogens (tertiary/aromatic N) is 1. The number of ether oxygens (including phenoxy) is 1. The first kappa shape index (κ1) is 16.4. The number of hydrogen-bond acceptors (Lipinski definition) is 4. The maximum absolute atomic E-state index is 12.6. The largest absolute Gasteiger partial charge is 0.378 e. The van der Waals surface area contributed by atoms with Crippen molar-refractivity contribution >= 4 is 10.0 Å². The Bertz CT molecular complexity index is 552. The monoisotopic (exact) mass is 312 g/mol. The summed E-state index contributed by atoms with van der Waals surface area (Å²) in [5, 5.41) is 0. The second-order valence-corrected chi connectivity index (χ2v) is 7.37. The number of nitrogens with two attached hydrogens (primary N) is 1. The molecule has 0 aliphatic carbocycles. The number of sulfonamides is 1. The van der Waals surface area contributed by atoms with Gasteiger partial charge in [-0.2, -0.15) is 4.31 Å². The molecule has 5 nitrogen and oxygen atoms in total. The van der Waals surface area contributed by atoms with Crippen molar-refractivity contribution in [3.8, 4) is 0 Å². The first-order valence-electron chi connectivity index (χ1n) is 7.42. The minimum absolute atomic E-state index is 0.153. The van der Waals surface area contributed by atoms with Gasteiger partial charge < -0.3 is 10.5 Å². The van der Waals surface area contributed by atoms with E-state index in [1.165, 1.54) is 0 Å². The van der Waals surface area contributed by atoms with Crippen molar-refractivity contribution in [3.05, 3.63) is 29.8 Å². The highest BCUT2D eigenvalue weighted by Gasteiger charge is 2.29. The summed E-state index contributed by atoms with van der Waals surface area (Å²) >= 11 is 0. The zero-order valence-corrected chi connectivity index (χ0v) is 13.3. The minimum atomic E-state index is -3.38. The van der Waals surface area contributed by atoms with E-state index in [2.05, 4.69) is 0 Å². The summed E-state index contributed by atoms with van der Waals surface area (Å²) < 4.78 is 32.4. The lowest BCUT2D eigenvalue weighted by Gasteiger charge is -2.31. The number of rotatable bonds is 6. The van der Waals surface area contributed by atoms with Gasteiger partial charge in [-0.05, 0) is 50.4 Å². The molecule has 1 aliphatic heterocycles. The summed E-state index contributed by atoms with van der Waals surface area (Å²) in [4.78, 5) is 0.380. The van der Waals surface area contributed by atoms with Crippen LogP contribution in [0.4, 0.5) is 0 Å². The molecule has 1 aliphatic rings. The molecular weight excluding hydrogens is 288 g/mol. The molecule has 1 heterocycles. The van der Waals surface area contributed by atoms with Gasteiger partial charge in [-0.1, -0.05) is 12.1 Å². The van der Waals surface area contributed by atoms with E-state index >= 15 is 0 Å². The quantitative estimate of drug-likeness (QED) is 0.808. The average molecular weight is 312 g/mol. The van der Waals surface area contributed by atoms with E-state index < -0.39 is 10.0 Å². The van der Waals surface area contributed by atoms with Gasteiger partial charge in [0, 0.05) is 19.7 Å². The first-order valence-corrected chi connectivity index (χ1v) is 8.86. The smallest absolute Gasteiger partial charge is 0.243 e. The number of piperidine rings is 1. The fourth-order valence-electron chi connectivity index (χ4n) is 2.50. The van der Waals surface area contributed by atoms with Gasteiger partial charge in [-0.3, -0.25) is 0 Å². The average Bonchev–Trinajstić information content (AvgIpc) is 2.48. The van der Waals surface area contributed by atoms with Crippen molar-refractivity contribution in [2.24, 2.45) is 5.73 Å². The second-order valence-electron chi connectivity index (χ2n) is 5.43. The Kier molecular flexibility index (Phi) is 5.75. The normalized spacial score (nSPS) is 18.0. The molecule has 0 atom stereocenters. The number of aryl methyl sites for hydroxylation is 1. The van der Waals surface area contributed by atoms with Crippen molar-refractivity contribution in [2.45, 2.75) is 37.2 Å². The van der Waals surface area contributed by atoms with Gasteiger partial charge in [-0.15, -0.1) is 0 Å².